The normalized spacial score (nSPS) is 11.0. The monoisotopic (exact) mass is 301 g/mol. The number of nitrogens with one attached hydrogen (secondary N) is 1. The van der Waals surface area contributed by atoms with E-state index in [2.05, 4.69) is 0 Å². The van der Waals surface area contributed by atoms with Gasteiger partial charge in [0.2, 0.25) is 5.91 Å². The predicted octanol–water partition coefficient (Wildman–Crippen LogP) is 2.10. The van der Waals surface area contributed by atoms with Gasteiger partial charge in [-0.3, -0.25) is 9.59 Å². The number of hydrogen-bond acceptors (Lipinski definition) is 3. The molecule has 21 heavy (non-hydrogen) atoms. The zero-order valence-corrected chi connectivity index (χ0v) is 11.2. The molecule has 0 saturated carbocycles. The lowest BCUT2D eigenvalue weighted by atomic mass is 9.89. The molecule has 0 aliphatic carbocycles. The number of carboxylic acids is 2. The van der Waals surface area contributed by atoms with Crippen molar-refractivity contribution in [2.24, 2.45) is 5.41 Å². The van der Waals surface area contributed by atoms with E-state index in [9.17, 15) is 23.2 Å². The minimum Gasteiger partial charge on any atom is -0.481 e. The minimum absolute atomic E-state index is 0.335. The second-order valence-corrected chi connectivity index (χ2v) is 5.03. The topological polar surface area (TPSA) is 104 Å². The summed E-state index contributed by atoms with van der Waals surface area (Å²) in [6, 6.07) is 0.972. The number of rotatable bonds is 5. The lowest BCUT2D eigenvalue weighted by Gasteiger charge is -2.18. The van der Waals surface area contributed by atoms with Crippen molar-refractivity contribution in [3.8, 4) is 0 Å². The van der Waals surface area contributed by atoms with Crippen LogP contribution in [0.1, 0.15) is 30.6 Å². The highest BCUT2D eigenvalue weighted by molar-refractivity contribution is 5.96. The van der Waals surface area contributed by atoms with E-state index in [-0.39, 0.29) is 0 Å². The fourth-order valence-corrected chi connectivity index (χ4v) is 1.48. The van der Waals surface area contributed by atoms with Gasteiger partial charge in [-0.25, -0.2) is 13.6 Å². The van der Waals surface area contributed by atoms with Crippen LogP contribution >= 0.6 is 0 Å². The maximum absolute atomic E-state index is 13.5. The number of anilines is 1. The lowest BCUT2D eigenvalue weighted by molar-refractivity contribution is -0.148. The van der Waals surface area contributed by atoms with Crippen molar-refractivity contribution in [3.63, 3.8) is 0 Å². The molecule has 3 N–H and O–H groups in total. The van der Waals surface area contributed by atoms with Crippen molar-refractivity contribution in [2.45, 2.75) is 20.3 Å². The number of aromatic carboxylic acids is 1. The first-order valence-corrected chi connectivity index (χ1v) is 5.80. The van der Waals surface area contributed by atoms with Crippen LogP contribution < -0.4 is 5.32 Å². The van der Waals surface area contributed by atoms with E-state index in [1.165, 1.54) is 13.8 Å². The zero-order valence-electron chi connectivity index (χ0n) is 11.2. The van der Waals surface area contributed by atoms with Gasteiger partial charge in [-0.05, 0) is 19.9 Å². The van der Waals surface area contributed by atoms with Gasteiger partial charge in [-0.15, -0.1) is 0 Å². The van der Waals surface area contributed by atoms with Crippen LogP contribution in [-0.4, -0.2) is 28.1 Å². The first kappa shape index (κ1) is 16.5. The van der Waals surface area contributed by atoms with E-state index in [0.29, 0.717) is 12.1 Å². The summed E-state index contributed by atoms with van der Waals surface area (Å²) in [6.45, 7) is 2.61. The molecule has 0 radical (unpaired) electrons. The Morgan fingerprint density at radius 3 is 2.19 bits per heavy atom. The number of aliphatic carboxylic acids is 1. The highest BCUT2D eigenvalue weighted by Crippen LogP contribution is 2.24. The van der Waals surface area contributed by atoms with E-state index in [0.717, 1.165) is 0 Å². The average Bonchev–Trinajstić information content (AvgIpc) is 2.31. The Bertz CT molecular complexity index is 613. The van der Waals surface area contributed by atoms with Crippen molar-refractivity contribution in [1.29, 1.82) is 0 Å². The predicted molar refractivity (Wildman–Crippen MR) is 68.0 cm³/mol. The highest BCUT2D eigenvalue weighted by Gasteiger charge is 2.30. The van der Waals surface area contributed by atoms with Crippen LogP contribution in [-0.2, 0) is 9.59 Å². The fraction of sp³-hybridized carbons (Fsp3) is 0.308. The maximum Gasteiger partial charge on any atom is 0.338 e. The molecule has 0 atom stereocenters. The first-order chi connectivity index (χ1) is 9.54. The second-order valence-electron chi connectivity index (χ2n) is 5.03. The Kier molecular flexibility index (Phi) is 4.62. The number of benzene rings is 1. The smallest absolute Gasteiger partial charge is 0.338 e. The number of carbonyl (C=O) groups is 3. The van der Waals surface area contributed by atoms with E-state index in [1.54, 1.807) is 0 Å². The summed E-state index contributed by atoms with van der Waals surface area (Å²) >= 11 is 0. The molecule has 0 heterocycles. The summed E-state index contributed by atoms with van der Waals surface area (Å²) in [5.41, 5.74) is -2.71. The van der Waals surface area contributed by atoms with Gasteiger partial charge in [0.15, 0.2) is 0 Å². The van der Waals surface area contributed by atoms with Crippen molar-refractivity contribution < 1.29 is 33.4 Å². The molecule has 6 nitrogen and oxygen atoms in total. The van der Waals surface area contributed by atoms with Crippen molar-refractivity contribution in [2.75, 3.05) is 5.32 Å². The largest absolute Gasteiger partial charge is 0.481 e. The second kappa shape index (κ2) is 5.86. The number of amides is 1. The molecular weight excluding hydrogens is 288 g/mol. The molecule has 8 heteroatoms. The third-order valence-electron chi connectivity index (χ3n) is 2.74. The molecule has 1 aromatic rings. The Hall–Kier alpha value is -2.51. The first-order valence-electron chi connectivity index (χ1n) is 5.80. The lowest BCUT2D eigenvalue weighted by Crippen LogP contribution is -2.29. The zero-order chi connectivity index (χ0) is 16.4. The van der Waals surface area contributed by atoms with Crippen LogP contribution in [0, 0.1) is 17.0 Å². The van der Waals surface area contributed by atoms with Crippen molar-refractivity contribution in [1.82, 2.24) is 0 Å². The summed E-state index contributed by atoms with van der Waals surface area (Å²) < 4.78 is 26.7. The molecular formula is C13H13F2NO5. The molecule has 0 aliphatic rings. The molecule has 0 unspecified atom stereocenters. The van der Waals surface area contributed by atoms with Crippen LogP contribution in [0.15, 0.2) is 12.1 Å². The fourth-order valence-electron chi connectivity index (χ4n) is 1.48. The summed E-state index contributed by atoms with van der Waals surface area (Å²) in [5.74, 6) is -6.09. The molecule has 0 bridgehead atoms. The standard InChI is InChI=1S/C13H13F2NO5/c1-13(2,12(20)21)5-10(17)16-9-3-6(11(18)19)7(14)4-8(9)15/h3-4H,5H2,1-2H3,(H,16,17)(H,18,19)(H,20,21). The van der Waals surface area contributed by atoms with Gasteiger partial charge in [0.05, 0.1) is 16.7 Å². The third-order valence-corrected chi connectivity index (χ3v) is 2.74. The third kappa shape index (κ3) is 3.98. The molecule has 0 aliphatic heterocycles. The Morgan fingerprint density at radius 1 is 1.14 bits per heavy atom. The Morgan fingerprint density at radius 2 is 1.71 bits per heavy atom. The molecule has 0 spiro atoms. The summed E-state index contributed by atoms with van der Waals surface area (Å²) in [4.78, 5) is 33.3. The SMILES string of the molecule is CC(C)(CC(=O)Nc1cc(C(=O)O)c(F)cc1F)C(=O)O. The average molecular weight is 301 g/mol. The molecule has 114 valence electrons. The van der Waals surface area contributed by atoms with E-state index < -0.39 is 52.6 Å². The van der Waals surface area contributed by atoms with Gasteiger partial charge in [-0.1, -0.05) is 0 Å². The van der Waals surface area contributed by atoms with Crippen molar-refractivity contribution >= 4 is 23.5 Å². The van der Waals surface area contributed by atoms with Gasteiger partial charge < -0.3 is 15.5 Å². The van der Waals surface area contributed by atoms with Crippen LogP contribution in [0.3, 0.4) is 0 Å². The summed E-state index contributed by atoms with van der Waals surface area (Å²) in [6.07, 6.45) is -0.457. The Balaban J connectivity index is 2.98. The minimum atomic E-state index is -1.62. The quantitative estimate of drug-likeness (QED) is 0.772. The van der Waals surface area contributed by atoms with Gasteiger partial charge in [0.1, 0.15) is 11.6 Å². The van der Waals surface area contributed by atoms with Gasteiger partial charge in [-0.2, -0.15) is 0 Å². The molecule has 0 saturated heterocycles. The maximum atomic E-state index is 13.5. The van der Waals surface area contributed by atoms with Crippen LogP contribution in [0.2, 0.25) is 0 Å². The number of carbonyl (C=O) groups excluding carboxylic acids is 1. The van der Waals surface area contributed by atoms with E-state index in [1.807, 2.05) is 5.32 Å². The molecule has 0 fully saturated rings. The Labute approximate surface area is 118 Å². The van der Waals surface area contributed by atoms with Crippen LogP contribution in [0.25, 0.3) is 0 Å². The highest BCUT2D eigenvalue weighted by atomic mass is 19.1. The van der Waals surface area contributed by atoms with Crippen molar-refractivity contribution in [3.05, 3.63) is 29.3 Å². The summed E-state index contributed by atoms with van der Waals surface area (Å²) in [5, 5.41) is 19.6. The van der Waals surface area contributed by atoms with Gasteiger partial charge in [0.25, 0.3) is 0 Å². The van der Waals surface area contributed by atoms with Gasteiger partial charge in [0, 0.05) is 12.5 Å². The van der Waals surface area contributed by atoms with Crippen LogP contribution in [0.5, 0.6) is 0 Å². The van der Waals surface area contributed by atoms with Crippen LogP contribution in [0.4, 0.5) is 14.5 Å². The van der Waals surface area contributed by atoms with Gasteiger partial charge >= 0.3 is 11.9 Å². The number of hydrogen-bond donors (Lipinski definition) is 3. The molecule has 1 aromatic carbocycles. The molecule has 1 rings (SSSR count). The molecule has 0 aromatic heterocycles. The number of halogens is 2. The number of carboxylic acid groups (broad SMARTS) is 2. The molecule has 1 amide bonds. The summed E-state index contributed by atoms with van der Waals surface area (Å²) in [7, 11) is 0. The van der Waals surface area contributed by atoms with E-state index >= 15 is 0 Å². The van der Waals surface area contributed by atoms with E-state index in [4.69, 9.17) is 10.2 Å².